The predicted molar refractivity (Wildman–Crippen MR) is 87.7 cm³/mol. The van der Waals surface area contributed by atoms with E-state index in [4.69, 9.17) is 0 Å². The molecule has 0 aliphatic heterocycles. The number of imidazole rings is 1. The van der Waals surface area contributed by atoms with E-state index in [-0.39, 0.29) is 11.5 Å². The first-order valence-electron chi connectivity index (χ1n) is 7.66. The zero-order valence-corrected chi connectivity index (χ0v) is 12.9. The van der Waals surface area contributed by atoms with E-state index in [0.717, 1.165) is 18.7 Å². The Labute approximate surface area is 133 Å². The maximum atomic E-state index is 13.2. The van der Waals surface area contributed by atoms with Gasteiger partial charge in [0.05, 0.1) is 6.33 Å². The number of aromatic nitrogens is 3. The molecular weight excluding hydrogens is 295 g/mol. The van der Waals surface area contributed by atoms with Gasteiger partial charge >= 0.3 is 0 Å². The summed E-state index contributed by atoms with van der Waals surface area (Å²) in [5.41, 5.74) is 1.27. The molecule has 1 atom stereocenters. The molecule has 0 spiro atoms. The third-order valence-corrected chi connectivity index (χ3v) is 3.91. The zero-order valence-electron chi connectivity index (χ0n) is 12.9. The number of halogens is 1. The molecule has 2 aromatic heterocycles. The lowest BCUT2D eigenvalue weighted by Gasteiger charge is -2.17. The topological polar surface area (TPSA) is 62.7 Å². The Balaban J connectivity index is 1.73. The maximum absolute atomic E-state index is 13.2. The quantitative estimate of drug-likeness (QED) is 0.734. The van der Waals surface area contributed by atoms with E-state index in [1.54, 1.807) is 18.6 Å². The van der Waals surface area contributed by atoms with Crippen molar-refractivity contribution >= 4 is 10.9 Å². The highest BCUT2D eigenvalue weighted by Crippen LogP contribution is 2.10. The Bertz CT molecular complexity index is 841. The summed E-state index contributed by atoms with van der Waals surface area (Å²) in [5, 5.41) is 3.81. The Morgan fingerprint density at radius 1 is 1.39 bits per heavy atom. The SMILES string of the molecule is CC[C@@H](Cn1ccnc1)NCc1cc(=O)c2cc(F)ccc2[nH]1. The predicted octanol–water partition coefficient (Wildman–Crippen LogP) is 2.43. The number of H-pyrrole nitrogens is 1. The van der Waals surface area contributed by atoms with Crippen molar-refractivity contribution in [1.29, 1.82) is 0 Å². The normalized spacial score (nSPS) is 12.6. The molecule has 0 fully saturated rings. The van der Waals surface area contributed by atoms with E-state index in [0.29, 0.717) is 17.4 Å². The van der Waals surface area contributed by atoms with Gasteiger partial charge in [0.15, 0.2) is 5.43 Å². The van der Waals surface area contributed by atoms with Crippen LogP contribution in [0.3, 0.4) is 0 Å². The molecule has 0 unspecified atom stereocenters. The molecule has 3 aromatic rings. The summed E-state index contributed by atoms with van der Waals surface area (Å²) in [6.07, 6.45) is 6.43. The highest BCUT2D eigenvalue weighted by atomic mass is 19.1. The van der Waals surface area contributed by atoms with E-state index >= 15 is 0 Å². The minimum absolute atomic E-state index is 0.169. The number of aromatic amines is 1. The molecule has 0 aliphatic carbocycles. The van der Waals surface area contributed by atoms with Gasteiger partial charge in [-0.3, -0.25) is 4.79 Å². The smallest absolute Gasteiger partial charge is 0.189 e. The molecule has 0 aliphatic rings. The van der Waals surface area contributed by atoms with Crippen LogP contribution in [0.5, 0.6) is 0 Å². The maximum Gasteiger partial charge on any atom is 0.189 e. The molecule has 120 valence electrons. The van der Waals surface area contributed by atoms with E-state index in [1.807, 2.05) is 10.8 Å². The Morgan fingerprint density at radius 3 is 3.00 bits per heavy atom. The third-order valence-electron chi connectivity index (χ3n) is 3.91. The van der Waals surface area contributed by atoms with Crippen molar-refractivity contribution < 1.29 is 4.39 Å². The summed E-state index contributed by atoms with van der Waals surface area (Å²) < 4.78 is 15.2. The molecule has 1 aromatic carbocycles. The van der Waals surface area contributed by atoms with Crippen LogP contribution >= 0.6 is 0 Å². The molecular formula is C17H19FN4O. The molecule has 0 radical (unpaired) electrons. The number of hydrogen-bond donors (Lipinski definition) is 2. The lowest BCUT2D eigenvalue weighted by atomic mass is 10.1. The first-order chi connectivity index (χ1) is 11.2. The fourth-order valence-electron chi connectivity index (χ4n) is 2.61. The molecule has 6 heteroatoms. The van der Waals surface area contributed by atoms with Crippen molar-refractivity contribution in [1.82, 2.24) is 19.9 Å². The van der Waals surface area contributed by atoms with Crippen LogP contribution in [0, 0.1) is 5.82 Å². The number of pyridine rings is 1. The van der Waals surface area contributed by atoms with Crippen LogP contribution in [0.25, 0.3) is 10.9 Å². The molecule has 2 N–H and O–H groups in total. The number of hydrogen-bond acceptors (Lipinski definition) is 3. The lowest BCUT2D eigenvalue weighted by molar-refractivity contribution is 0.433. The highest BCUT2D eigenvalue weighted by Gasteiger charge is 2.08. The highest BCUT2D eigenvalue weighted by molar-refractivity contribution is 5.78. The average molecular weight is 314 g/mol. The van der Waals surface area contributed by atoms with Gasteiger partial charge in [0.25, 0.3) is 0 Å². The van der Waals surface area contributed by atoms with Crippen LogP contribution in [0.1, 0.15) is 19.0 Å². The van der Waals surface area contributed by atoms with Gasteiger partial charge in [-0.25, -0.2) is 9.37 Å². The largest absolute Gasteiger partial charge is 0.357 e. The van der Waals surface area contributed by atoms with Crippen LogP contribution in [-0.2, 0) is 13.1 Å². The van der Waals surface area contributed by atoms with Gasteiger partial charge in [-0.05, 0) is 24.6 Å². The fraction of sp³-hybridized carbons (Fsp3) is 0.294. The number of fused-ring (bicyclic) bond motifs is 1. The van der Waals surface area contributed by atoms with Crippen LogP contribution < -0.4 is 10.7 Å². The van der Waals surface area contributed by atoms with Crippen LogP contribution in [0.15, 0.2) is 47.8 Å². The number of rotatable bonds is 6. The van der Waals surface area contributed by atoms with Gasteiger partial charge in [0.2, 0.25) is 0 Å². The lowest BCUT2D eigenvalue weighted by Crippen LogP contribution is -2.32. The van der Waals surface area contributed by atoms with E-state index in [2.05, 4.69) is 22.2 Å². The Morgan fingerprint density at radius 2 is 2.26 bits per heavy atom. The minimum Gasteiger partial charge on any atom is -0.357 e. The first-order valence-corrected chi connectivity index (χ1v) is 7.66. The molecule has 3 rings (SSSR count). The molecule has 0 saturated heterocycles. The van der Waals surface area contributed by atoms with Crippen molar-refractivity contribution in [2.24, 2.45) is 0 Å². The summed E-state index contributed by atoms with van der Waals surface area (Å²) in [4.78, 5) is 19.3. The van der Waals surface area contributed by atoms with Gasteiger partial charge in [-0.1, -0.05) is 6.92 Å². The van der Waals surface area contributed by atoms with Gasteiger partial charge < -0.3 is 14.9 Å². The second-order valence-electron chi connectivity index (χ2n) is 5.59. The average Bonchev–Trinajstić information content (AvgIpc) is 3.05. The second-order valence-corrected chi connectivity index (χ2v) is 5.59. The van der Waals surface area contributed by atoms with Crippen LogP contribution in [-0.4, -0.2) is 20.6 Å². The number of nitrogens with one attached hydrogen (secondary N) is 2. The van der Waals surface area contributed by atoms with Crippen molar-refractivity contribution in [3.05, 3.63) is 64.7 Å². The minimum atomic E-state index is -0.403. The molecule has 0 amide bonds. The third kappa shape index (κ3) is 3.65. The zero-order chi connectivity index (χ0) is 16.2. The Kier molecular flexibility index (Phi) is 4.52. The number of benzene rings is 1. The van der Waals surface area contributed by atoms with Crippen molar-refractivity contribution in [2.75, 3.05) is 0 Å². The second kappa shape index (κ2) is 6.75. The monoisotopic (exact) mass is 314 g/mol. The van der Waals surface area contributed by atoms with Gasteiger partial charge in [-0.2, -0.15) is 0 Å². The summed E-state index contributed by atoms with van der Waals surface area (Å²) >= 11 is 0. The summed E-state index contributed by atoms with van der Waals surface area (Å²) in [5.74, 6) is -0.403. The summed E-state index contributed by atoms with van der Waals surface area (Å²) in [7, 11) is 0. The van der Waals surface area contributed by atoms with Crippen molar-refractivity contribution in [3.63, 3.8) is 0 Å². The molecule has 2 heterocycles. The van der Waals surface area contributed by atoms with E-state index in [1.165, 1.54) is 18.2 Å². The number of nitrogens with zero attached hydrogens (tertiary/aromatic N) is 2. The van der Waals surface area contributed by atoms with Crippen LogP contribution in [0.2, 0.25) is 0 Å². The van der Waals surface area contributed by atoms with E-state index in [9.17, 15) is 9.18 Å². The Hall–Kier alpha value is -2.47. The molecule has 23 heavy (non-hydrogen) atoms. The molecule has 5 nitrogen and oxygen atoms in total. The molecule has 0 saturated carbocycles. The van der Waals surface area contributed by atoms with Crippen molar-refractivity contribution in [3.8, 4) is 0 Å². The van der Waals surface area contributed by atoms with Crippen molar-refractivity contribution in [2.45, 2.75) is 32.5 Å². The summed E-state index contributed by atoms with van der Waals surface area (Å²) in [6, 6.07) is 6.01. The van der Waals surface area contributed by atoms with Gasteiger partial charge in [-0.15, -0.1) is 0 Å². The summed E-state index contributed by atoms with van der Waals surface area (Å²) in [6.45, 7) is 3.48. The first kappa shape index (κ1) is 15.4. The fourth-order valence-corrected chi connectivity index (χ4v) is 2.61. The van der Waals surface area contributed by atoms with Gasteiger partial charge in [0, 0.05) is 54.2 Å². The van der Waals surface area contributed by atoms with Crippen LogP contribution in [0.4, 0.5) is 4.39 Å². The standard InChI is InChI=1S/C17H19FN4O/c1-2-13(10-22-6-5-19-11-22)20-9-14-8-17(23)15-7-12(18)3-4-16(15)21-14/h3-8,11,13,20H,2,9-10H2,1H3,(H,21,23)/t13-/m0/s1. The molecule has 0 bridgehead atoms. The van der Waals surface area contributed by atoms with Gasteiger partial charge in [0.1, 0.15) is 5.82 Å². The van der Waals surface area contributed by atoms with E-state index < -0.39 is 5.82 Å².